The third-order valence-electron chi connectivity index (χ3n) is 2.94. The summed E-state index contributed by atoms with van der Waals surface area (Å²) < 4.78 is 0. The zero-order valence-electron chi connectivity index (χ0n) is 12.1. The Kier molecular flexibility index (Phi) is 5.22. The van der Waals surface area contributed by atoms with E-state index in [1.54, 1.807) is 12.1 Å². The highest BCUT2D eigenvalue weighted by Crippen LogP contribution is 2.33. The maximum Gasteiger partial charge on any atom is 0.272 e. The number of benzene rings is 2. The van der Waals surface area contributed by atoms with Crippen LogP contribution in [-0.2, 0) is 0 Å². The topological polar surface area (TPSA) is 55.2 Å². The lowest BCUT2D eigenvalue weighted by atomic mass is 10.2. The molecule has 0 bridgehead atoms. The number of non-ortho nitro benzene ring substituents is 1. The van der Waals surface area contributed by atoms with E-state index >= 15 is 0 Å². The monoisotopic (exact) mass is 302 g/mol. The molecule has 1 N–H and O–H groups in total. The van der Waals surface area contributed by atoms with Crippen LogP contribution in [0, 0.1) is 17.0 Å². The summed E-state index contributed by atoms with van der Waals surface area (Å²) in [5.74, 6) is 0. The van der Waals surface area contributed by atoms with Crippen LogP contribution < -0.4 is 5.32 Å². The fourth-order valence-electron chi connectivity index (χ4n) is 1.86. The molecule has 0 saturated carbocycles. The van der Waals surface area contributed by atoms with Crippen LogP contribution in [0.5, 0.6) is 0 Å². The second-order valence-corrected chi connectivity index (χ2v) is 5.96. The summed E-state index contributed by atoms with van der Waals surface area (Å²) >= 11 is 1.53. The number of anilines is 1. The number of rotatable bonds is 6. The molecule has 0 fully saturated rings. The Morgan fingerprint density at radius 1 is 1.14 bits per heavy atom. The van der Waals surface area contributed by atoms with Gasteiger partial charge in [-0.05, 0) is 31.5 Å². The van der Waals surface area contributed by atoms with Crippen molar-refractivity contribution in [2.45, 2.75) is 30.1 Å². The van der Waals surface area contributed by atoms with E-state index in [1.165, 1.54) is 17.3 Å². The first-order chi connectivity index (χ1) is 10.1. The van der Waals surface area contributed by atoms with Gasteiger partial charge in [0.15, 0.2) is 0 Å². The third-order valence-corrected chi connectivity index (χ3v) is 3.92. The van der Waals surface area contributed by atoms with Crippen molar-refractivity contribution in [2.24, 2.45) is 0 Å². The second kappa shape index (κ2) is 7.13. The van der Waals surface area contributed by atoms with E-state index in [0.717, 1.165) is 28.4 Å². The van der Waals surface area contributed by atoms with Crippen molar-refractivity contribution in [1.82, 2.24) is 0 Å². The molecule has 0 amide bonds. The third kappa shape index (κ3) is 4.49. The highest BCUT2D eigenvalue weighted by Gasteiger charge is 2.10. The van der Waals surface area contributed by atoms with Crippen molar-refractivity contribution in [3.63, 3.8) is 0 Å². The summed E-state index contributed by atoms with van der Waals surface area (Å²) in [6.45, 7) is 4.90. The fourth-order valence-corrected chi connectivity index (χ4v) is 2.77. The SMILES string of the molecule is CCCNc1cc(Sc2ccc(C)cc2)cc([N+](=O)[O-])c1. The van der Waals surface area contributed by atoms with E-state index in [4.69, 9.17) is 0 Å². The molecule has 0 aliphatic heterocycles. The van der Waals surface area contributed by atoms with Crippen molar-refractivity contribution in [3.05, 3.63) is 58.1 Å². The molecule has 21 heavy (non-hydrogen) atoms. The zero-order chi connectivity index (χ0) is 15.2. The summed E-state index contributed by atoms with van der Waals surface area (Å²) in [6.07, 6.45) is 0.975. The number of hydrogen-bond donors (Lipinski definition) is 1. The molecule has 0 aromatic heterocycles. The highest BCUT2D eigenvalue weighted by atomic mass is 32.2. The van der Waals surface area contributed by atoms with Crippen molar-refractivity contribution >= 4 is 23.1 Å². The van der Waals surface area contributed by atoms with Gasteiger partial charge < -0.3 is 5.32 Å². The standard InChI is InChI=1S/C16H18N2O2S/c1-3-8-17-13-9-14(18(19)20)11-16(10-13)21-15-6-4-12(2)5-7-15/h4-7,9-11,17H,3,8H2,1-2H3. The van der Waals surface area contributed by atoms with Gasteiger partial charge in [0.2, 0.25) is 0 Å². The van der Waals surface area contributed by atoms with Crippen molar-refractivity contribution in [1.29, 1.82) is 0 Å². The minimum absolute atomic E-state index is 0.116. The summed E-state index contributed by atoms with van der Waals surface area (Å²) in [5, 5.41) is 14.3. The molecule has 2 aromatic rings. The predicted octanol–water partition coefficient (Wildman–Crippen LogP) is 4.88. The van der Waals surface area contributed by atoms with Crippen LogP contribution in [0.4, 0.5) is 11.4 Å². The van der Waals surface area contributed by atoms with E-state index in [0.29, 0.717) is 0 Å². The summed E-state index contributed by atoms with van der Waals surface area (Å²) in [4.78, 5) is 12.6. The normalized spacial score (nSPS) is 10.4. The van der Waals surface area contributed by atoms with E-state index in [-0.39, 0.29) is 10.6 Å². The highest BCUT2D eigenvalue weighted by molar-refractivity contribution is 7.99. The average Bonchev–Trinajstić information content (AvgIpc) is 2.47. The molecule has 110 valence electrons. The van der Waals surface area contributed by atoms with E-state index in [2.05, 4.69) is 12.2 Å². The molecule has 2 aromatic carbocycles. The predicted molar refractivity (Wildman–Crippen MR) is 87.2 cm³/mol. The number of nitro benzene ring substituents is 1. The second-order valence-electron chi connectivity index (χ2n) is 4.81. The lowest BCUT2D eigenvalue weighted by Gasteiger charge is -2.08. The molecule has 0 aliphatic rings. The average molecular weight is 302 g/mol. The Morgan fingerprint density at radius 3 is 2.48 bits per heavy atom. The number of nitro groups is 1. The van der Waals surface area contributed by atoms with Crippen LogP contribution in [0.15, 0.2) is 52.3 Å². The summed E-state index contributed by atoms with van der Waals surface area (Å²) in [5.41, 5.74) is 2.11. The molecule has 0 unspecified atom stereocenters. The molecular formula is C16H18N2O2S. The number of nitrogens with one attached hydrogen (secondary N) is 1. The Labute approximate surface area is 128 Å². The lowest BCUT2D eigenvalue weighted by Crippen LogP contribution is -2.00. The van der Waals surface area contributed by atoms with Gasteiger partial charge in [0.05, 0.1) is 4.92 Å². The van der Waals surface area contributed by atoms with Crippen LogP contribution in [0.1, 0.15) is 18.9 Å². The Balaban J connectivity index is 2.26. The Morgan fingerprint density at radius 2 is 1.86 bits per heavy atom. The number of nitrogens with zero attached hydrogens (tertiary/aromatic N) is 1. The van der Waals surface area contributed by atoms with Gasteiger partial charge in [0.25, 0.3) is 5.69 Å². The molecule has 0 atom stereocenters. The summed E-state index contributed by atoms with van der Waals surface area (Å²) in [6, 6.07) is 13.3. The van der Waals surface area contributed by atoms with E-state index in [1.807, 2.05) is 37.3 Å². The minimum atomic E-state index is -0.351. The minimum Gasteiger partial charge on any atom is -0.385 e. The molecular weight excluding hydrogens is 284 g/mol. The first-order valence-electron chi connectivity index (χ1n) is 6.86. The van der Waals surface area contributed by atoms with Gasteiger partial charge in [-0.2, -0.15) is 0 Å². The first-order valence-corrected chi connectivity index (χ1v) is 7.68. The smallest absolute Gasteiger partial charge is 0.272 e. The molecule has 4 nitrogen and oxygen atoms in total. The van der Waals surface area contributed by atoms with Gasteiger partial charge in [-0.3, -0.25) is 10.1 Å². The molecule has 0 aliphatic carbocycles. The lowest BCUT2D eigenvalue weighted by molar-refractivity contribution is -0.385. The molecule has 0 saturated heterocycles. The fraction of sp³-hybridized carbons (Fsp3) is 0.250. The zero-order valence-corrected chi connectivity index (χ0v) is 12.9. The quantitative estimate of drug-likeness (QED) is 0.610. The van der Waals surface area contributed by atoms with Gasteiger partial charge in [0.1, 0.15) is 0 Å². The van der Waals surface area contributed by atoms with E-state index < -0.39 is 0 Å². The van der Waals surface area contributed by atoms with Crippen LogP contribution in [-0.4, -0.2) is 11.5 Å². The van der Waals surface area contributed by atoms with Crippen molar-refractivity contribution < 1.29 is 4.92 Å². The molecule has 5 heteroatoms. The van der Waals surface area contributed by atoms with Gasteiger partial charge >= 0.3 is 0 Å². The number of aryl methyl sites for hydroxylation is 1. The largest absolute Gasteiger partial charge is 0.385 e. The molecule has 0 spiro atoms. The first kappa shape index (κ1) is 15.4. The van der Waals surface area contributed by atoms with Gasteiger partial charge in [0, 0.05) is 34.2 Å². The van der Waals surface area contributed by atoms with Crippen molar-refractivity contribution in [2.75, 3.05) is 11.9 Å². The van der Waals surface area contributed by atoms with Gasteiger partial charge in [-0.1, -0.05) is 36.4 Å². The maximum absolute atomic E-state index is 11.0. The van der Waals surface area contributed by atoms with Gasteiger partial charge in [-0.15, -0.1) is 0 Å². The van der Waals surface area contributed by atoms with Crippen LogP contribution >= 0.6 is 11.8 Å². The summed E-state index contributed by atoms with van der Waals surface area (Å²) in [7, 11) is 0. The maximum atomic E-state index is 11.0. The molecule has 2 rings (SSSR count). The van der Waals surface area contributed by atoms with Crippen LogP contribution in [0.25, 0.3) is 0 Å². The van der Waals surface area contributed by atoms with Gasteiger partial charge in [-0.25, -0.2) is 0 Å². The molecule has 0 heterocycles. The van der Waals surface area contributed by atoms with E-state index in [9.17, 15) is 10.1 Å². The van der Waals surface area contributed by atoms with Crippen LogP contribution in [0.2, 0.25) is 0 Å². The Hall–Kier alpha value is -2.01. The Bertz CT molecular complexity index is 627. The van der Waals surface area contributed by atoms with Crippen LogP contribution in [0.3, 0.4) is 0 Å². The number of hydrogen-bond acceptors (Lipinski definition) is 4. The molecule has 0 radical (unpaired) electrons. The van der Waals surface area contributed by atoms with Crippen molar-refractivity contribution in [3.8, 4) is 0 Å².